The monoisotopic (exact) mass is 381 g/mol. The third-order valence-electron chi connectivity index (χ3n) is 4.08. The third-order valence-corrected chi connectivity index (χ3v) is 4.49. The van der Waals surface area contributed by atoms with Gasteiger partial charge in [-0.15, -0.1) is 0 Å². The van der Waals surface area contributed by atoms with Crippen LogP contribution >= 0.6 is 11.6 Å². The van der Waals surface area contributed by atoms with E-state index in [0.29, 0.717) is 28.6 Å². The first kappa shape index (κ1) is 18.7. The molecular weight excluding hydrogens is 362 g/mol. The molecule has 0 bridgehead atoms. The average molecular weight is 382 g/mol. The molecule has 0 fully saturated rings. The highest BCUT2D eigenvalue weighted by atomic mass is 35.5. The number of ether oxygens (including phenoxy) is 1. The number of halogens is 1. The Morgan fingerprint density at radius 2 is 1.89 bits per heavy atom. The van der Waals surface area contributed by atoms with Gasteiger partial charge in [0.1, 0.15) is 11.6 Å². The van der Waals surface area contributed by atoms with E-state index >= 15 is 0 Å². The Bertz CT molecular complexity index is 942. The van der Waals surface area contributed by atoms with E-state index in [1.807, 2.05) is 43.3 Å². The number of amides is 1. The van der Waals surface area contributed by atoms with Crippen molar-refractivity contribution in [1.29, 1.82) is 0 Å². The van der Waals surface area contributed by atoms with E-state index in [2.05, 4.69) is 15.6 Å². The SMILES string of the molecule is COc1ccc(CNc2cc(C(=O)Nc3ccc(C)c(Cl)c3)ccn2)cc1. The summed E-state index contributed by atoms with van der Waals surface area (Å²) < 4.78 is 5.15. The fraction of sp³-hybridized carbons (Fsp3) is 0.143. The highest BCUT2D eigenvalue weighted by molar-refractivity contribution is 6.31. The van der Waals surface area contributed by atoms with Crippen LogP contribution in [0.15, 0.2) is 60.8 Å². The summed E-state index contributed by atoms with van der Waals surface area (Å²) >= 11 is 6.11. The molecule has 0 radical (unpaired) electrons. The van der Waals surface area contributed by atoms with Crippen LogP contribution in [0.25, 0.3) is 0 Å². The van der Waals surface area contributed by atoms with Crippen LogP contribution in [0.1, 0.15) is 21.5 Å². The van der Waals surface area contributed by atoms with Gasteiger partial charge >= 0.3 is 0 Å². The highest BCUT2D eigenvalue weighted by Gasteiger charge is 2.08. The summed E-state index contributed by atoms with van der Waals surface area (Å²) in [5.74, 6) is 1.22. The van der Waals surface area contributed by atoms with Gasteiger partial charge in [-0.1, -0.05) is 29.8 Å². The number of rotatable bonds is 6. The van der Waals surface area contributed by atoms with Crippen LogP contribution in [0.2, 0.25) is 5.02 Å². The second kappa shape index (κ2) is 8.56. The van der Waals surface area contributed by atoms with Crippen molar-refractivity contribution in [3.8, 4) is 5.75 Å². The molecule has 0 aliphatic heterocycles. The number of hydrogen-bond donors (Lipinski definition) is 2. The average Bonchev–Trinajstić information content (AvgIpc) is 2.70. The number of carbonyl (C=O) groups is 1. The van der Waals surface area contributed by atoms with Crippen LogP contribution in [0.5, 0.6) is 5.75 Å². The zero-order valence-corrected chi connectivity index (χ0v) is 15.9. The predicted molar refractivity (Wildman–Crippen MR) is 109 cm³/mol. The van der Waals surface area contributed by atoms with E-state index in [-0.39, 0.29) is 5.91 Å². The van der Waals surface area contributed by atoms with Crippen LogP contribution in [-0.2, 0) is 6.54 Å². The Kier molecular flexibility index (Phi) is 5.94. The summed E-state index contributed by atoms with van der Waals surface area (Å²) in [7, 11) is 1.64. The van der Waals surface area contributed by atoms with E-state index in [1.165, 1.54) is 0 Å². The number of anilines is 2. The first-order valence-electron chi connectivity index (χ1n) is 8.45. The molecule has 5 nitrogen and oxygen atoms in total. The zero-order valence-electron chi connectivity index (χ0n) is 15.1. The Morgan fingerprint density at radius 1 is 1.11 bits per heavy atom. The molecule has 0 saturated heterocycles. The Hall–Kier alpha value is -3.05. The molecule has 1 aromatic heterocycles. The van der Waals surface area contributed by atoms with E-state index in [0.717, 1.165) is 16.9 Å². The van der Waals surface area contributed by atoms with Gasteiger partial charge in [0, 0.05) is 29.0 Å². The maximum Gasteiger partial charge on any atom is 0.255 e. The lowest BCUT2D eigenvalue weighted by Gasteiger charge is -2.09. The lowest BCUT2D eigenvalue weighted by atomic mass is 10.2. The maximum atomic E-state index is 12.5. The fourth-order valence-corrected chi connectivity index (χ4v) is 2.66. The minimum absolute atomic E-state index is 0.218. The summed E-state index contributed by atoms with van der Waals surface area (Å²) in [6.07, 6.45) is 1.60. The number of methoxy groups -OCH3 is 1. The van der Waals surface area contributed by atoms with Crippen molar-refractivity contribution in [3.63, 3.8) is 0 Å². The number of aryl methyl sites for hydroxylation is 1. The normalized spacial score (nSPS) is 10.3. The third kappa shape index (κ3) is 4.99. The molecule has 0 atom stereocenters. The van der Waals surface area contributed by atoms with Crippen LogP contribution in [0, 0.1) is 6.92 Å². The number of benzene rings is 2. The van der Waals surface area contributed by atoms with Crippen molar-refractivity contribution in [2.75, 3.05) is 17.7 Å². The molecule has 1 heterocycles. The summed E-state index contributed by atoms with van der Waals surface area (Å²) in [4.78, 5) is 16.8. The largest absolute Gasteiger partial charge is 0.497 e. The Balaban J connectivity index is 1.65. The van der Waals surface area contributed by atoms with Crippen LogP contribution in [0.4, 0.5) is 11.5 Å². The lowest BCUT2D eigenvalue weighted by molar-refractivity contribution is 0.102. The molecule has 3 rings (SSSR count). The van der Waals surface area contributed by atoms with Gasteiger partial charge in [-0.05, 0) is 54.4 Å². The van der Waals surface area contributed by atoms with E-state index in [1.54, 1.807) is 31.5 Å². The number of carbonyl (C=O) groups excluding carboxylic acids is 1. The first-order valence-corrected chi connectivity index (χ1v) is 8.83. The molecule has 2 N–H and O–H groups in total. The molecule has 2 aromatic carbocycles. The van der Waals surface area contributed by atoms with Crippen molar-refractivity contribution in [2.24, 2.45) is 0 Å². The van der Waals surface area contributed by atoms with Gasteiger partial charge in [0.2, 0.25) is 0 Å². The maximum absolute atomic E-state index is 12.5. The van der Waals surface area contributed by atoms with Crippen LogP contribution in [0.3, 0.4) is 0 Å². The number of nitrogens with one attached hydrogen (secondary N) is 2. The topological polar surface area (TPSA) is 63.2 Å². The summed E-state index contributed by atoms with van der Waals surface area (Å²) in [6.45, 7) is 2.51. The molecule has 138 valence electrons. The summed E-state index contributed by atoms with van der Waals surface area (Å²) in [5.41, 5.74) is 3.21. The number of hydrogen-bond acceptors (Lipinski definition) is 4. The molecule has 0 unspecified atom stereocenters. The summed E-state index contributed by atoms with van der Waals surface area (Å²) in [6, 6.07) is 16.6. The molecular formula is C21H20ClN3O2. The van der Waals surface area contributed by atoms with Gasteiger partial charge in [-0.25, -0.2) is 4.98 Å². The van der Waals surface area contributed by atoms with Gasteiger partial charge in [0.05, 0.1) is 7.11 Å². The molecule has 0 saturated carbocycles. The summed E-state index contributed by atoms with van der Waals surface area (Å²) in [5, 5.41) is 6.68. The molecule has 0 aliphatic rings. The van der Waals surface area contributed by atoms with Gasteiger partial charge in [-0.2, -0.15) is 0 Å². The fourth-order valence-electron chi connectivity index (χ4n) is 2.48. The minimum Gasteiger partial charge on any atom is -0.497 e. The molecule has 27 heavy (non-hydrogen) atoms. The van der Waals surface area contributed by atoms with E-state index < -0.39 is 0 Å². The van der Waals surface area contributed by atoms with Crippen molar-refractivity contribution in [1.82, 2.24) is 4.98 Å². The van der Waals surface area contributed by atoms with Crippen molar-refractivity contribution in [2.45, 2.75) is 13.5 Å². The molecule has 0 aliphatic carbocycles. The highest BCUT2D eigenvalue weighted by Crippen LogP contribution is 2.21. The molecule has 3 aromatic rings. The van der Waals surface area contributed by atoms with Gasteiger partial charge in [0.15, 0.2) is 0 Å². The van der Waals surface area contributed by atoms with Crippen LogP contribution in [-0.4, -0.2) is 18.0 Å². The predicted octanol–water partition coefficient (Wildman–Crippen LogP) is 4.92. The van der Waals surface area contributed by atoms with E-state index in [4.69, 9.17) is 16.3 Å². The quantitative estimate of drug-likeness (QED) is 0.636. The lowest BCUT2D eigenvalue weighted by Crippen LogP contribution is -2.13. The number of nitrogens with zero attached hydrogens (tertiary/aromatic N) is 1. The second-order valence-electron chi connectivity index (χ2n) is 6.05. The van der Waals surface area contributed by atoms with E-state index in [9.17, 15) is 4.79 Å². The second-order valence-corrected chi connectivity index (χ2v) is 6.46. The van der Waals surface area contributed by atoms with Gasteiger partial charge < -0.3 is 15.4 Å². The zero-order chi connectivity index (χ0) is 19.2. The van der Waals surface area contributed by atoms with Gasteiger partial charge in [-0.3, -0.25) is 4.79 Å². The van der Waals surface area contributed by atoms with Crippen LogP contribution < -0.4 is 15.4 Å². The van der Waals surface area contributed by atoms with Crippen molar-refractivity contribution in [3.05, 3.63) is 82.5 Å². The van der Waals surface area contributed by atoms with Gasteiger partial charge in [0.25, 0.3) is 5.91 Å². The molecule has 6 heteroatoms. The number of pyridine rings is 1. The van der Waals surface area contributed by atoms with Crippen molar-refractivity contribution >= 4 is 29.0 Å². The smallest absolute Gasteiger partial charge is 0.255 e. The first-order chi connectivity index (χ1) is 13.0. The Morgan fingerprint density at radius 3 is 2.59 bits per heavy atom. The number of aromatic nitrogens is 1. The standard InChI is InChI=1S/C21H20ClN3O2/c1-14-3-6-17(12-19(14)22)25-21(26)16-9-10-23-20(11-16)24-13-15-4-7-18(27-2)8-5-15/h3-12H,13H2,1-2H3,(H,23,24)(H,25,26). The molecule has 0 spiro atoms. The van der Waals surface area contributed by atoms with Crippen molar-refractivity contribution < 1.29 is 9.53 Å². The Labute approximate surface area is 163 Å². The minimum atomic E-state index is -0.218. The molecule has 1 amide bonds.